The Labute approximate surface area is 171 Å². The summed E-state index contributed by atoms with van der Waals surface area (Å²) in [6, 6.07) is 29.8. The van der Waals surface area contributed by atoms with Crippen LogP contribution in [0.1, 0.15) is 5.56 Å². The van der Waals surface area contributed by atoms with Gasteiger partial charge in [0.05, 0.1) is 0 Å². The van der Waals surface area contributed by atoms with Crippen LogP contribution in [-0.2, 0) is 4.79 Å². The number of aliphatic imine (C=N–C) groups is 1. The maximum absolute atomic E-state index is 11.9. The molecule has 144 valence electrons. The summed E-state index contributed by atoms with van der Waals surface area (Å²) < 4.78 is 0. The minimum atomic E-state index is -1.06. The number of benzene rings is 3. The Morgan fingerprint density at radius 2 is 1.28 bits per heavy atom. The van der Waals surface area contributed by atoms with Crippen molar-refractivity contribution in [3.05, 3.63) is 108 Å². The van der Waals surface area contributed by atoms with Gasteiger partial charge in [0.2, 0.25) is 0 Å². The molecule has 0 aliphatic carbocycles. The predicted octanol–water partition coefficient (Wildman–Crippen LogP) is 2.81. The van der Waals surface area contributed by atoms with E-state index >= 15 is 0 Å². The smallest absolute Gasteiger partial charge is 0.355 e. The van der Waals surface area contributed by atoms with Crippen molar-refractivity contribution >= 4 is 29.2 Å². The van der Waals surface area contributed by atoms with Gasteiger partial charge in [0.1, 0.15) is 0 Å². The molecular formula is C24H23BN2O2. The molecule has 29 heavy (non-hydrogen) atoms. The van der Waals surface area contributed by atoms with Crippen LogP contribution in [0.5, 0.6) is 0 Å². The van der Waals surface area contributed by atoms with E-state index in [1.807, 2.05) is 91.0 Å². The summed E-state index contributed by atoms with van der Waals surface area (Å²) in [6.45, 7) is -0.204. The zero-order valence-corrected chi connectivity index (χ0v) is 16.6. The summed E-state index contributed by atoms with van der Waals surface area (Å²) >= 11 is 0. The van der Waals surface area contributed by atoms with Gasteiger partial charge in [0.25, 0.3) is 6.71 Å². The molecule has 4 nitrogen and oxygen atoms in total. The lowest BCUT2D eigenvalue weighted by Crippen LogP contribution is -2.49. The molecule has 3 rings (SSSR count). The largest absolute Gasteiger partial charge is 0.476 e. The third kappa shape index (κ3) is 5.23. The number of hydrogen-bond acceptors (Lipinski definition) is 3. The molecule has 0 amide bonds. The van der Waals surface area contributed by atoms with Crippen molar-refractivity contribution in [1.29, 1.82) is 0 Å². The molecule has 0 heterocycles. The summed E-state index contributed by atoms with van der Waals surface area (Å²) in [5.74, 6) is -1.06. The number of hydrogen-bond donors (Lipinski definition) is 1. The van der Waals surface area contributed by atoms with Gasteiger partial charge in [-0.15, -0.1) is 0 Å². The third-order valence-corrected chi connectivity index (χ3v) is 4.45. The molecule has 0 unspecified atom stereocenters. The highest BCUT2D eigenvalue weighted by Crippen LogP contribution is 2.11. The van der Waals surface area contributed by atoms with Crippen LogP contribution in [0.4, 0.5) is 0 Å². The molecule has 5 heteroatoms. The summed E-state index contributed by atoms with van der Waals surface area (Å²) in [7, 11) is 3.57. The second-order valence-electron chi connectivity index (χ2n) is 6.90. The predicted molar refractivity (Wildman–Crippen MR) is 120 cm³/mol. The monoisotopic (exact) mass is 382 g/mol. The van der Waals surface area contributed by atoms with Gasteiger partial charge < -0.3 is 10.0 Å². The van der Waals surface area contributed by atoms with Gasteiger partial charge in [-0.1, -0.05) is 102 Å². The van der Waals surface area contributed by atoms with Crippen molar-refractivity contribution in [2.45, 2.75) is 0 Å². The van der Waals surface area contributed by atoms with Gasteiger partial charge in [0, 0.05) is 25.9 Å². The number of nitrogens with zero attached hydrogens (tertiary/aromatic N) is 2. The van der Waals surface area contributed by atoms with Crippen LogP contribution in [0.25, 0.3) is 0 Å². The van der Waals surface area contributed by atoms with Crippen molar-refractivity contribution in [2.24, 2.45) is 4.99 Å². The zero-order chi connectivity index (χ0) is 20.6. The van der Waals surface area contributed by atoms with E-state index in [2.05, 4.69) is 4.99 Å². The van der Waals surface area contributed by atoms with Crippen LogP contribution < -0.4 is 10.9 Å². The summed E-state index contributed by atoms with van der Waals surface area (Å²) in [5.41, 5.74) is 3.67. The van der Waals surface area contributed by atoms with Crippen LogP contribution >= 0.6 is 0 Å². The Hall–Kier alpha value is -3.60. The first-order valence-corrected chi connectivity index (χ1v) is 9.41. The number of carbonyl (C=O) groups is 1. The summed E-state index contributed by atoms with van der Waals surface area (Å²) in [5, 5.41) is 9.74. The van der Waals surface area contributed by atoms with Gasteiger partial charge in [-0.3, -0.25) is 4.99 Å². The molecule has 0 spiro atoms. The number of carboxylic acid groups (broad SMARTS) is 1. The Kier molecular flexibility index (Phi) is 6.64. The van der Waals surface area contributed by atoms with Crippen molar-refractivity contribution < 1.29 is 9.90 Å². The molecule has 0 aliphatic heterocycles. The minimum absolute atomic E-state index is 0.00860. The highest BCUT2D eigenvalue weighted by Gasteiger charge is 2.27. The van der Waals surface area contributed by atoms with E-state index in [0.29, 0.717) is 5.61 Å². The molecule has 3 aromatic rings. The molecule has 0 aromatic heterocycles. The first-order chi connectivity index (χ1) is 14.1. The summed E-state index contributed by atoms with van der Waals surface area (Å²) in [4.78, 5) is 18.3. The Morgan fingerprint density at radius 3 is 1.69 bits per heavy atom. The van der Waals surface area contributed by atoms with Crippen LogP contribution in [0.2, 0.25) is 0 Å². The molecule has 0 fully saturated rings. The number of aliphatic carboxylic acids is 1. The third-order valence-electron chi connectivity index (χ3n) is 4.45. The normalized spacial score (nSPS) is 11.8. The summed E-state index contributed by atoms with van der Waals surface area (Å²) in [6.07, 6.45) is 1.53. The molecule has 3 aromatic carbocycles. The first kappa shape index (κ1) is 20.1. The lowest BCUT2D eigenvalue weighted by Gasteiger charge is -2.19. The Balaban J connectivity index is 2.27. The standard InChI is InChI=1S/C24H23BN2O2/c1-27(2)18-22(24(28)29)26-23(19-12-6-3-7-13-19)25(20-14-8-4-9-15-20)21-16-10-5-11-17-21/h3-18H,1-2H3,(H,28,29). The highest BCUT2D eigenvalue weighted by molar-refractivity contribution is 7.10. The second kappa shape index (κ2) is 9.56. The van der Waals surface area contributed by atoms with Gasteiger partial charge in [-0.2, -0.15) is 0 Å². The fourth-order valence-electron chi connectivity index (χ4n) is 3.21. The van der Waals surface area contributed by atoms with Crippen molar-refractivity contribution in [3.63, 3.8) is 0 Å². The minimum Gasteiger partial charge on any atom is -0.476 e. The first-order valence-electron chi connectivity index (χ1n) is 9.41. The highest BCUT2D eigenvalue weighted by atomic mass is 16.4. The fraction of sp³-hybridized carbons (Fsp3) is 0.0833. The van der Waals surface area contributed by atoms with E-state index < -0.39 is 5.97 Å². The van der Waals surface area contributed by atoms with Gasteiger partial charge in [0.15, 0.2) is 5.70 Å². The average Bonchev–Trinajstić information content (AvgIpc) is 2.74. The topological polar surface area (TPSA) is 52.9 Å². The van der Waals surface area contributed by atoms with Gasteiger partial charge in [-0.05, 0) is 5.56 Å². The Morgan fingerprint density at radius 1 is 0.828 bits per heavy atom. The second-order valence-corrected chi connectivity index (χ2v) is 6.90. The molecule has 0 atom stereocenters. The van der Waals surface area contributed by atoms with Gasteiger partial charge >= 0.3 is 5.97 Å². The van der Waals surface area contributed by atoms with Gasteiger partial charge in [-0.25, -0.2) is 4.79 Å². The SMILES string of the molecule is CN(C)C=C(N=C(B(c1ccccc1)c1ccccc1)c1ccccc1)C(=O)O. The quantitative estimate of drug-likeness (QED) is 0.389. The van der Waals surface area contributed by atoms with E-state index in [1.54, 1.807) is 19.0 Å². The molecule has 1 N–H and O–H groups in total. The number of carboxylic acids is 1. The molecule has 0 radical (unpaired) electrons. The number of rotatable bonds is 7. The maximum atomic E-state index is 11.9. The Bertz CT molecular complexity index is 961. The molecule has 0 aliphatic rings. The maximum Gasteiger partial charge on any atom is 0.355 e. The van der Waals surface area contributed by atoms with Crippen molar-refractivity contribution in [1.82, 2.24) is 4.90 Å². The molecule has 0 bridgehead atoms. The molecule has 0 saturated heterocycles. The van der Waals surface area contributed by atoms with Crippen LogP contribution in [0.3, 0.4) is 0 Å². The lowest BCUT2D eigenvalue weighted by molar-refractivity contribution is -0.132. The van der Waals surface area contributed by atoms with Crippen molar-refractivity contribution in [3.8, 4) is 0 Å². The van der Waals surface area contributed by atoms with Crippen molar-refractivity contribution in [2.75, 3.05) is 14.1 Å². The molecule has 0 saturated carbocycles. The molecular weight excluding hydrogens is 359 g/mol. The van der Waals surface area contributed by atoms with E-state index in [9.17, 15) is 9.90 Å². The van der Waals surface area contributed by atoms with E-state index in [-0.39, 0.29) is 12.4 Å². The van der Waals surface area contributed by atoms with Crippen LogP contribution in [-0.4, -0.2) is 42.4 Å². The van der Waals surface area contributed by atoms with Crippen LogP contribution in [0, 0.1) is 0 Å². The van der Waals surface area contributed by atoms with E-state index in [1.165, 1.54) is 6.20 Å². The fourth-order valence-corrected chi connectivity index (χ4v) is 3.21. The lowest BCUT2D eigenvalue weighted by atomic mass is 9.36. The zero-order valence-electron chi connectivity index (χ0n) is 16.6. The van der Waals surface area contributed by atoms with E-state index in [4.69, 9.17) is 0 Å². The van der Waals surface area contributed by atoms with Crippen LogP contribution in [0.15, 0.2) is 108 Å². The van der Waals surface area contributed by atoms with E-state index in [0.717, 1.165) is 16.5 Å². The average molecular weight is 382 g/mol.